The van der Waals surface area contributed by atoms with Crippen molar-refractivity contribution in [3.63, 3.8) is 0 Å². The maximum atomic E-state index is 11.6. The number of aliphatic hydroxyl groups is 1. The Morgan fingerprint density at radius 3 is 2.77 bits per heavy atom. The zero-order valence-electron chi connectivity index (χ0n) is 15.4. The Kier molecular flexibility index (Phi) is 5.94. The zero-order chi connectivity index (χ0) is 18.7. The lowest BCUT2D eigenvalue weighted by Gasteiger charge is -2.49. The molecule has 1 aromatic rings. The number of amides is 1. The van der Waals surface area contributed by atoms with E-state index in [2.05, 4.69) is 5.32 Å². The van der Waals surface area contributed by atoms with Gasteiger partial charge in [0.2, 0.25) is 5.91 Å². The van der Waals surface area contributed by atoms with Crippen LogP contribution in [-0.4, -0.2) is 60.7 Å². The first-order chi connectivity index (χ1) is 12.4. The van der Waals surface area contributed by atoms with Crippen LogP contribution in [0.25, 0.3) is 0 Å². The molecule has 0 bridgehead atoms. The van der Waals surface area contributed by atoms with E-state index in [9.17, 15) is 9.90 Å². The molecule has 0 radical (unpaired) electrons. The molecular weight excluding hydrogens is 338 g/mol. The van der Waals surface area contributed by atoms with Gasteiger partial charge in [-0.25, -0.2) is 0 Å². The van der Waals surface area contributed by atoms with Crippen LogP contribution < -0.4 is 5.32 Å². The highest BCUT2D eigenvalue weighted by Crippen LogP contribution is 2.32. The summed E-state index contributed by atoms with van der Waals surface area (Å²) >= 11 is 0. The van der Waals surface area contributed by atoms with E-state index in [1.165, 1.54) is 6.92 Å². The third-order valence-electron chi connectivity index (χ3n) is 4.57. The van der Waals surface area contributed by atoms with Gasteiger partial charge in [0.15, 0.2) is 12.1 Å². The van der Waals surface area contributed by atoms with Crippen molar-refractivity contribution in [3.8, 4) is 0 Å². The smallest absolute Gasteiger partial charge is 0.217 e. The van der Waals surface area contributed by atoms with Crippen LogP contribution in [0.4, 0.5) is 0 Å². The number of hydrogen-bond donors (Lipinski definition) is 2. The topological polar surface area (TPSA) is 86.3 Å². The van der Waals surface area contributed by atoms with Gasteiger partial charge in [-0.3, -0.25) is 4.79 Å². The summed E-state index contributed by atoms with van der Waals surface area (Å²) in [5.41, 5.74) is 1.14. The van der Waals surface area contributed by atoms with Gasteiger partial charge in [-0.2, -0.15) is 0 Å². The van der Waals surface area contributed by atoms with Crippen molar-refractivity contribution >= 4 is 5.91 Å². The van der Waals surface area contributed by atoms with Crippen molar-refractivity contribution in [2.45, 2.75) is 63.6 Å². The standard InChI is InChI=1S/C19H27NO6/c1-12(21)20-15-16(22)17-14(11-24-19(2,3)26-17)25-18(15)23-10-9-13-7-5-4-6-8-13/h4-8,14-18,22H,9-11H2,1-3H3,(H,20,21)/t14-,15+,16-,17-,18+/m1/s1. The highest BCUT2D eigenvalue weighted by Gasteiger charge is 2.51. The van der Waals surface area contributed by atoms with Crippen molar-refractivity contribution in [1.82, 2.24) is 5.32 Å². The summed E-state index contributed by atoms with van der Waals surface area (Å²) in [6.07, 6.45) is -2.07. The lowest BCUT2D eigenvalue weighted by atomic mass is 9.95. The highest BCUT2D eigenvalue weighted by molar-refractivity contribution is 5.73. The van der Waals surface area contributed by atoms with Gasteiger partial charge in [0.05, 0.1) is 13.2 Å². The lowest BCUT2D eigenvalue weighted by Crippen LogP contribution is -2.68. The molecule has 144 valence electrons. The molecule has 0 saturated carbocycles. The molecule has 3 rings (SSSR count). The van der Waals surface area contributed by atoms with Crippen LogP contribution >= 0.6 is 0 Å². The first kappa shape index (κ1) is 19.3. The van der Waals surface area contributed by atoms with E-state index in [1.54, 1.807) is 13.8 Å². The highest BCUT2D eigenvalue weighted by atomic mass is 16.8. The summed E-state index contributed by atoms with van der Waals surface area (Å²) in [5, 5.41) is 13.5. The van der Waals surface area contributed by atoms with Gasteiger partial charge < -0.3 is 29.4 Å². The fourth-order valence-electron chi connectivity index (χ4n) is 3.31. The summed E-state index contributed by atoms with van der Waals surface area (Å²) in [6, 6.07) is 9.23. The fourth-order valence-corrected chi connectivity index (χ4v) is 3.31. The number of ether oxygens (including phenoxy) is 4. The molecule has 1 aromatic carbocycles. The fraction of sp³-hybridized carbons (Fsp3) is 0.632. The molecule has 7 nitrogen and oxygen atoms in total. The van der Waals surface area contributed by atoms with E-state index in [0.717, 1.165) is 5.56 Å². The molecule has 2 heterocycles. The molecule has 0 spiro atoms. The summed E-state index contributed by atoms with van der Waals surface area (Å²) in [5.74, 6) is -1.08. The summed E-state index contributed by atoms with van der Waals surface area (Å²) in [4.78, 5) is 11.6. The minimum atomic E-state index is -0.956. The molecule has 2 saturated heterocycles. The van der Waals surface area contributed by atoms with Crippen LogP contribution in [0.15, 0.2) is 30.3 Å². The van der Waals surface area contributed by atoms with Gasteiger partial charge in [0.1, 0.15) is 24.4 Å². The molecular formula is C19H27NO6. The van der Waals surface area contributed by atoms with Crippen molar-refractivity contribution in [1.29, 1.82) is 0 Å². The maximum absolute atomic E-state index is 11.6. The largest absolute Gasteiger partial charge is 0.388 e. The van der Waals surface area contributed by atoms with Gasteiger partial charge in [0.25, 0.3) is 0 Å². The van der Waals surface area contributed by atoms with Crippen molar-refractivity contribution in [3.05, 3.63) is 35.9 Å². The number of carbonyl (C=O) groups excluding carboxylic acids is 1. The third kappa shape index (κ3) is 4.61. The first-order valence-electron chi connectivity index (χ1n) is 8.94. The molecule has 2 N–H and O–H groups in total. The normalized spacial score (nSPS) is 33.3. The van der Waals surface area contributed by atoms with Gasteiger partial charge in [0, 0.05) is 6.92 Å². The molecule has 26 heavy (non-hydrogen) atoms. The molecule has 0 unspecified atom stereocenters. The van der Waals surface area contributed by atoms with Gasteiger partial charge in [-0.15, -0.1) is 0 Å². The van der Waals surface area contributed by atoms with E-state index in [-0.39, 0.29) is 5.91 Å². The van der Waals surface area contributed by atoms with E-state index >= 15 is 0 Å². The van der Waals surface area contributed by atoms with Crippen LogP contribution in [0.1, 0.15) is 26.3 Å². The Bertz CT molecular complexity index is 607. The van der Waals surface area contributed by atoms with Gasteiger partial charge >= 0.3 is 0 Å². The summed E-state index contributed by atoms with van der Waals surface area (Å²) in [6.45, 7) is 5.66. The second kappa shape index (κ2) is 8.02. The Morgan fingerprint density at radius 2 is 2.08 bits per heavy atom. The maximum Gasteiger partial charge on any atom is 0.217 e. The van der Waals surface area contributed by atoms with Crippen molar-refractivity contribution in [2.24, 2.45) is 0 Å². The Balaban J connectivity index is 1.66. The molecule has 0 aromatic heterocycles. The Hall–Kier alpha value is -1.51. The molecule has 2 aliphatic rings. The number of nitrogens with one attached hydrogen (secondary N) is 1. The number of benzene rings is 1. The zero-order valence-corrected chi connectivity index (χ0v) is 15.4. The molecule has 7 heteroatoms. The molecule has 2 aliphatic heterocycles. The molecule has 0 aliphatic carbocycles. The van der Waals surface area contributed by atoms with Crippen LogP contribution in [-0.2, 0) is 30.2 Å². The van der Waals surface area contributed by atoms with Crippen LogP contribution in [0.5, 0.6) is 0 Å². The van der Waals surface area contributed by atoms with Crippen LogP contribution in [0.2, 0.25) is 0 Å². The summed E-state index contributed by atoms with van der Waals surface area (Å²) < 4.78 is 23.3. The van der Waals surface area contributed by atoms with E-state index in [1.807, 2.05) is 30.3 Å². The van der Waals surface area contributed by atoms with Crippen LogP contribution in [0.3, 0.4) is 0 Å². The average Bonchev–Trinajstić information content (AvgIpc) is 2.59. The second-order valence-electron chi connectivity index (χ2n) is 7.16. The predicted octanol–water partition coefficient (Wildman–Crippen LogP) is 0.988. The van der Waals surface area contributed by atoms with Crippen molar-refractivity contribution in [2.75, 3.05) is 13.2 Å². The monoisotopic (exact) mass is 365 g/mol. The predicted molar refractivity (Wildman–Crippen MR) is 93.3 cm³/mol. The number of carbonyl (C=O) groups is 1. The molecule has 1 amide bonds. The van der Waals surface area contributed by atoms with Gasteiger partial charge in [-0.1, -0.05) is 30.3 Å². The number of fused-ring (bicyclic) bond motifs is 1. The second-order valence-corrected chi connectivity index (χ2v) is 7.16. The average molecular weight is 365 g/mol. The third-order valence-corrected chi connectivity index (χ3v) is 4.57. The van der Waals surface area contributed by atoms with Crippen LogP contribution in [0, 0.1) is 0 Å². The Labute approximate surface area is 153 Å². The first-order valence-corrected chi connectivity index (χ1v) is 8.94. The Morgan fingerprint density at radius 1 is 1.35 bits per heavy atom. The molecule has 5 atom stereocenters. The minimum Gasteiger partial charge on any atom is -0.388 e. The number of hydrogen-bond acceptors (Lipinski definition) is 6. The van der Waals surface area contributed by atoms with E-state index < -0.39 is 36.4 Å². The number of aliphatic hydroxyl groups excluding tert-OH is 1. The van der Waals surface area contributed by atoms with E-state index in [0.29, 0.717) is 19.6 Å². The van der Waals surface area contributed by atoms with Crippen molar-refractivity contribution < 1.29 is 28.8 Å². The van der Waals surface area contributed by atoms with E-state index in [4.69, 9.17) is 18.9 Å². The van der Waals surface area contributed by atoms with Gasteiger partial charge in [-0.05, 0) is 25.8 Å². The SMILES string of the molecule is CC(=O)N[C@@H]1[C@@H](OCCc2ccccc2)O[C@@H]2COC(C)(C)O[C@H]2[C@@H]1O. The molecule has 2 fully saturated rings. The summed E-state index contributed by atoms with van der Waals surface area (Å²) in [7, 11) is 0. The lowest BCUT2D eigenvalue weighted by molar-refractivity contribution is -0.368. The minimum absolute atomic E-state index is 0.265. The quantitative estimate of drug-likeness (QED) is 0.809. The number of rotatable bonds is 5.